The normalized spacial score (nSPS) is 32.1. The summed E-state index contributed by atoms with van der Waals surface area (Å²) in [4.78, 5) is 11.4. The molecule has 0 bridgehead atoms. The zero-order chi connectivity index (χ0) is 12.1. The van der Waals surface area contributed by atoms with Crippen molar-refractivity contribution >= 4 is 28.3 Å². The summed E-state index contributed by atoms with van der Waals surface area (Å²) in [5, 5.41) is -0.410. The van der Waals surface area contributed by atoms with Gasteiger partial charge < -0.3 is 5.73 Å². The summed E-state index contributed by atoms with van der Waals surface area (Å²) in [5.41, 5.74) is 4.14. The van der Waals surface area contributed by atoms with E-state index >= 15 is 0 Å². The zero-order valence-electron chi connectivity index (χ0n) is 9.63. The summed E-state index contributed by atoms with van der Waals surface area (Å²) in [6, 6.07) is 0. The highest BCUT2D eigenvalue weighted by Gasteiger charge is 2.65. The Morgan fingerprint density at radius 1 is 1.47 bits per heavy atom. The Balaban J connectivity index is 0.00000144. The first kappa shape index (κ1) is 14.7. The van der Waals surface area contributed by atoms with E-state index in [-0.39, 0.29) is 18.3 Å². The molecule has 0 saturated heterocycles. The Hall–Kier alpha value is -0.370. The molecule has 2 aliphatic rings. The van der Waals surface area contributed by atoms with Gasteiger partial charge in [0, 0.05) is 0 Å². The Bertz CT molecular complexity index is 423. The van der Waals surface area contributed by atoms with Crippen molar-refractivity contribution in [2.45, 2.75) is 43.4 Å². The third-order valence-electron chi connectivity index (χ3n) is 3.61. The summed E-state index contributed by atoms with van der Waals surface area (Å²) in [6.07, 6.45) is 2.40. The van der Waals surface area contributed by atoms with E-state index < -0.39 is 26.7 Å². The zero-order valence-corrected chi connectivity index (χ0v) is 11.3. The van der Waals surface area contributed by atoms with Crippen molar-refractivity contribution in [2.75, 3.05) is 0 Å². The van der Waals surface area contributed by atoms with Crippen molar-refractivity contribution in [3.05, 3.63) is 0 Å². The number of hydrazine groups is 1. The van der Waals surface area contributed by atoms with E-state index in [9.17, 15) is 13.2 Å². The number of nitrogens with zero attached hydrogens (tertiary/aromatic N) is 1. The minimum absolute atomic E-state index is 0. The molecule has 2 aliphatic carbocycles. The molecule has 0 aliphatic heterocycles. The first-order chi connectivity index (χ1) is 7.37. The van der Waals surface area contributed by atoms with Crippen molar-refractivity contribution in [1.82, 2.24) is 4.41 Å². The van der Waals surface area contributed by atoms with Crippen LogP contribution in [0.4, 0.5) is 0 Å². The quantitative estimate of drug-likeness (QED) is 0.535. The maximum atomic E-state index is 11.9. The minimum atomic E-state index is -3.54. The van der Waals surface area contributed by atoms with Gasteiger partial charge in [0.1, 0.15) is 5.54 Å². The number of carbonyl (C=O) groups is 1. The molecule has 100 valence electrons. The van der Waals surface area contributed by atoms with Crippen LogP contribution in [-0.4, -0.2) is 29.5 Å². The monoisotopic (exact) mass is 283 g/mol. The van der Waals surface area contributed by atoms with Gasteiger partial charge >= 0.3 is 0 Å². The van der Waals surface area contributed by atoms with Crippen LogP contribution in [0.15, 0.2) is 0 Å². The van der Waals surface area contributed by atoms with Gasteiger partial charge in [-0.15, -0.1) is 16.8 Å². The smallest absolute Gasteiger partial charge is 0.240 e. The van der Waals surface area contributed by atoms with Crippen LogP contribution in [0.3, 0.4) is 0 Å². The average molecular weight is 284 g/mol. The van der Waals surface area contributed by atoms with Crippen molar-refractivity contribution in [1.29, 1.82) is 0 Å². The van der Waals surface area contributed by atoms with Gasteiger partial charge in [-0.1, -0.05) is 13.3 Å². The number of halogens is 1. The molecule has 0 aromatic heterocycles. The molecule has 17 heavy (non-hydrogen) atoms. The predicted molar refractivity (Wildman–Crippen MR) is 65.5 cm³/mol. The molecule has 2 rings (SSSR count). The highest BCUT2D eigenvalue weighted by atomic mass is 35.5. The summed E-state index contributed by atoms with van der Waals surface area (Å²) in [7, 11) is -3.54. The number of sulfonamides is 1. The van der Waals surface area contributed by atoms with E-state index in [4.69, 9.17) is 11.6 Å². The lowest BCUT2D eigenvalue weighted by atomic mass is 10.2. The SMILES string of the molecule is CC[C@H]1C[C@@]1(C(N)=O)N(N)S(=O)(=O)C1CC1.Cl. The molecular weight excluding hydrogens is 266 g/mol. The lowest BCUT2D eigenvalue weighted by Crippen LogP contribution is -2.56. The van der Waals surface area contributed by atoms with E-state index in [1.165, 1.54) is 0 Å². The number of amides is 1. The van der Waals surface area contributed by atoms with Gasteiger partial charge in [-0.05, 0) is 25.2 Å². The summed E-state index contributed by atoms with van der Waals surface area (Å²) in [6.45, 7) is 1.90. The van der Waals surface area contributed by atoms with E-state index in [2.05, 4.69) is 0 Å². The molecule has 8 heteroatoms. The third kappa shape index (κ3) is 2.05. The van der Waals surface area contributed by atoms with Crippen LogP contribution in [0.1, 0.15) is 32.6 Å². The molecule has 0 aromatic rings. The van der Waals surface area contributed by atoms with Crippen LogP contribution in [0.5, 0.6) is 0 Å². The van der Waals surface area contributed by atoms with Crippen molar-refractivity contribution < 1.29 is 13.2 Å². The van der Waals surface area contributed by atoms with Gasteiger partial charge in [-0.3, -0.25) is 10.6 Å². The van der Waals surface area contributed by atoms with Crippen LogP contribution < -0.4 is 11.6 Å². The summed E-state index contributed by atoms with van der Waals surface area (Å²) in [5.74, 6) is 4.97. The number of rotatable bonds is 5. The van der Waals surface area contributed by atoms with Crippen LogP contribution in [0.25, 0.3) is 0 Å². The van der Waals surface area contributed by atoms with Crippen molar-refractivity contribution in [3.63, 3.8) is 0 Å². The number of nitrogens with two attached hydrogens (primary N) is 2. The predicted octanol–water partition coefficient (Wildman–Crippen LogP) is -0.270. The molecule has 2 atom stereocenters. The van der Waals surface area contributed by atoms with E-state index in [0.29, 0.717) is 25.7 Å². The van der Waals surface area contributed by atoms with Crippen molar-refractivity contribution in [3.8, 4) is 0 Å². The molecule has 0 aromatic carbocycles. The fourth-order valence-electron chi connectivity index (χ4n) is 2.23. The van der Waals surface area contributed by atoms with Crippen molar-refractivity contribution in [2.24, 2.45) is 17.5 Å². The topological polar surface area (TPSA) is 106 Å². The number of hydrogen-bond donors (Lipinski definition) is 2. The molecule has 6 nitrogen and oxygen atoms in total. The lowest BCUT2D eigenvalue weighted by molar-refractivity contribution is -0.123. The van der Waals surface area contributed by atoms with Crippen LogP contribution in [0.2, 0.25) is 0 Å². The number of hydrogen-bond acceptors (Lipinski definition) is 4. The fraction of sp³-hybridized carbons (Fsp3) is 0.889. The summed E-state index contributed by atoms with van der Waals surface area (Å²) < 4.78 is 24.6. The van der Waals surface area contributed by atoms with E-state index in [1.807, 2.05) is 6.92 Å². The maximum absolute atomic E-state index is 11.9. The molecule has 0 spiro atoms. The van der Waals surface area contributed by atoms with Gasteiger partial charge in [0.25, 0.3) is 0 Å². The Labute approximate surface area is 107 Å². The first-order valence-electron chi connectivity index (χ1n) is 5.46. The van der Waals surface area contributed by atoms with Gasteiger partial charge in [0.2, 0.25) is 15.9 Å². The van der Waals surface area contributed by atoms with Gasteiger partial charge in [0.15, 0.2) is 0 Å². The molecular formula is C9H18ClN3O3S. The first-order valence-corrected chi connectivity index (χ1v) is 6.96. The Morgan fingerprint density at radius 3 is 2.29 bits per heavy atom. The second kappa shape index (κ2) is 4.38. The number of carbonyl (C=O) groups excluding carboxylic acids is 1. The molecule has 2 saturated carbocycles. The average Bonchev–Trinajstić information content (AvgIpc) is 3.08. The number of primary amides is 1. The molecule has 4 N–H and O–H groups in total. The second-order valence-corrected chi connectivity index (χ2v) is 6.73. The molecule has 0 unspecified atom stereocenters. The van der Waals surface area contributed by atoms with Crippen LogP contribution in [-0.2, 0) is 14.8 Å². The second-order valence-electron chi connectivity index (χ2n) is 4.64. The van der Waals surface area contributed by atoms with Gasteiger partial charge in [0.05, 0.1) is 5.25 Å². The summed E-state index contributed by atoms with van der Waals surface area (Å²) >= 11 is 0. The molecule has 2 fully saturated rings. The molecule has 1 amide bonds. The Morgan fingerprint density at radius 2 is 2.00 bits per heavy atom. The van der Waals surface area contributed by atoms with E-state index in [1.54, 1.807) is 0 Å². The highest BCUT2D eigenvalue weighted by molar-refractivity contribution is 7.90. The molecule has 0 radical (unpaired) electrons. The maximum Gasteiger partial charge on any atom is 0.240 e. The fourth-order valence-corrected chi connectivity index (χ4v) is 4.05. The van der Waals surface area contributed by atoms with Gasteiger partial charge in [-0.25, -0.2) is 8.42 Å². The van der Waals surface area contributed by atoms with Crippen LogP contribution >= 0.6 is 12.4 Å². The van der Waals surface area contributed by atoms with Crippen LogP contribution in [0, 0.1) is 5.92 Å². The molecule has 0 heterocycles. The largest absolute Gasteiger partial charge is 0.368 e. The van der Waals surface area contributed by atoms with E-state index in [0.717, 1.165) is 4.41 Å². The standard InChI is InChI=1S/C9H17N3O3S.ClH/c1-2-6-5-9(6,8(10)13)12(11)16(14,15)7-3-4-7;/h6-7H,2-5,11H2,1H3,(H2,10,13);1H/t6-,9+;/m0./s1. The minimum Gasteiger partial charge on any atom is -0.368 e. The van der Waals surface area contributed by atoms with Gasteiger partial charge in [-0.2, -0.15) is 0 Å². The highest BCUT2D eigenvalue weighted by Crippen LogP contribution is 2.51. The third-order valence-corrected chi connectivity index (χ3v) is 5.79. The Kier molecular flexibility index (Phi) is 3.79. The lowest BCUT2D eigenvalue weighted by Gasteiger charge is -2.25.